The number of nitrogens with zero attached hydrogens (tertiary/aromatic N) is 2. The van der Waals surface area contributed by atoms with Crippen LogP contribution >= 0.6 is 11.6 Å². The number of hydrazine groups is 1. The first-order valence-corrected chi connectivity index (χ1v) is 7.47. The van der Waals surface area contributed by atoms with E-state index >= 15 is 0 Å². The summed E-state index contributed by atoms with van der Waals surface area (Å²) in [6, 6.07) is 4.61. The van der Waals surface area contributed by atoms with Gasteiger partial charge in [0.15, 0.2) is 0 Å². The van der Waals surface area contributed by atoms with Crippen molar-refractivity contribution in [1.29, 1.82) is 0 Å². The molecule has 0 aliphatic carbocycles. The van der Waals surface area contributed by atoms with E-state index < -0.39 is 10.0 Å². The summed E-state index contributed by atoms with van der Waals surface area (Å²) < 4.78 is 31.8. The zero-order chi connectivity index (χ0) is 15.5. The van der Waals surface area contributed by atoms with Crippen LogP contribution in [0, 0.1) is 0 Å². The van der Waals surface area contributed by atoms with Crippen LogP contribution in [0.25, 0.3) is 0 Å². The molecule has 0 atom stereocenters. The van der Waals surface area contributed by atoms with E-state index in [2.05, 4.69) is 20.1 Å². The molecule has 2 aromatic rings. The van der Waals surface area contributed by atoms with Crippen LogP contribution in [-0.4, -0.2) is 25.5 Å². The molecule has 112 valence electrons. The number of nitrogens with one attached hydrogen (secondary N) is 2. The van der Waals surface area contributed by atoms with Crippen molar-refractivity contribution in [3.05, 3.63) is 35.6 Å². The predicted molar refractivity (Wildman–Crippen MR) is 78.7 cm³/mol. The Morgan fingerprint density at radius 2 is 1.95 bits per heavy atom. The molecule has 2 rings (SSSR count). The molecule has 0 radical (unpaired) electrons. The molecule has 1 heterocycles. The van der Waals surface area contributed by atoms with Crippen molar-refractivity contribution in [2.75, 3.05) is 17.3 Å². The maximum Gasteiger partial charge on any atom is 0.265 e. The van der Waals surface area contributed by atoms with Crippen molar-refractivity contribution < 1.29 is 13.2 Å². The minimum Gasteiger partial charge on any atom is -0.497 e. The first-order valence-electron chi connectivity index (χ1n) is 5.61. The number of halogens is 1. The Hall–Kier alpha value is -2.10. The third kappa shape index (κ3) is 3.51. The van der Waals surface area contributed by atoms with Gasteiger partial charge >= 0.3 is 0 Å². The van der Waals surface area contributed by atoms with E-state index in [1.807, 2.05) is 0 Å². The summed E-state index contributed by atoms with van der Waals surface area (Å²) in [5.74, 6) is 5.69. The topological polar surface area (TPSA) is 119 Å². The highest BCUT2D eigenvalue weighted by Crippen LogP contribution is 2.28. The molecular weight excluding hydrogens is 318 g/mol. The van der Waals surface area contributed by atoms with Crippen LogP contribution in [0.2, 0.25) is 5.02 Å². The molecule has 8 nitrogen and oxygen atoms in total. The zero-order valence-electron chi connectivity index (χ0n) is 10.9. The fraction of sp³-hybridized carbons (Fsp3) is 0.0909. The standard InChI is InChI=1S/C11H12ClN5O3S/c1-20-7-2-3-9(12)10(4-7)17-21(18,19)8-5-14-11(16-13)15-6-8/h2-6,17H,13H2,1H3,(H,14,15,16). The van der Waals surface area contributed by atoms with Crippen LogP contribution in [0.3, 0.4) is 0 Å². The van der Waals surface area contributed by atoms with Gasteiger partial charge in [-0.1, -0.05) is 11.6 Å². The molecular formula is C11H12ClN5O3S. The lowest BCUT2D eigenvalue weighted by Gasteiger charge is -2.10. The van der Waals surface area contributed by atoms with E-state index in [1.54, 1.807) is 6.07 Å². The lowest BCUT2D eigenvalue weighted by Crippen LogP contribution is -2.15. The van der Waals surface area contributed by atoms with E-state index in [0.29, 0.717) is 5.75 Å². The average molecular weight is 330 g/mol. The van der Waals surface area contributed by atoms with Gasteiger partial charge in [0, 0.05) is 6.07 Å². The number of nitrogen functional groups attached to an aromatic ring is 1. The van der Waals surface area contributed by atoms with Crippen molar-refractivity contribution in [3.63, 3.8) is 0 Å². The van der Waals surface area contributed by atoms with E-state index in [9.17, 15) is 8.42 Å². The van der Waals surface area contributed by atoms with E-state index in [1.165, 1.54) is 19.2 Å². The molecule has 0 amide bonds. The van der Waals surface area contributed by atoms with Crippen LogP contribution in [0.15, 0.2) is 35.5 Å². The van der Waals surface area contributed by atoms with Crippen LogP contribution in [0.5, 0.6) is 5.75 Å². The number of sulfonamides is 1. The Morgan fingerprint density at radius 3 is 2.52 bits per heavy atom. The number of hydrogen-bond acceptors (Lipinski definition) is 7. The quantitative estimate of drug-likeness (QED) is 0.557. The number of nitrogens with two attached hydrogens (primary N) is 1. The fourth-order valence-electron chi connectivity index (χ4n) is 1.44. The number of benzene rings is 1. The number of ether oxygens (including phenoxy) is 1. The second-order valence-corrected chi connectivity index (χ2v) is 5.93. The summed E-state index contributed by atoms with van der Waals surface area (Å²) in [5, 5.41) is 0.237. The fourth-order valence-corrected chi connectivity index (χ4v) is 2.62. The molecule has 0 fully saturated rings. The lowest BCUT2D eigenvalue weighted by atomic mass is 10.3. The van der Waals surface area contributed by atoms with Crippen molar-refractivity contribution in [2.24, 2.45) is 5.84 Å². The Bertz CT molecular complexity index is 736. The van der Waals surface area contributed by atoms with Gasteiger partial charge in [-0.3, -0.25) is 10.1 Å². The number of hydrogen-bond donors (Lipinski definition) is 3. The maximum atomic E-state index is 12.2. The van der Waals surface area contributed by atoms with Crippen molar-refractivity contribution in [1.82, 2.24) is 9.97 Å². The third-order valence-electron chi connectivity index (χ3n) is 2.49. The van der Waals surface area contributed by atoms with Crippen LogP contribution in [0.4, 0.5) is 11.6 Å². The molecule has 0 saturated carbocycles. The van der Waals surface area contributed by atoms with Gasteiger partial charge in [-0.25, -0.2) is 24.2 Å². The van der Waals surface area contributed by atoms with Gasteiger partial charge in [0.25, 0.3) is 10.0 Å². The zero-order valence-corrected chi connectivity index (χ0v) is 12.4. The molecule has 0 unspecified atom stereocenters. The van der Waals surface area contributed by atoms with Crippen LogP contribution in [-0.2, 0) is 10.0 Å². The van der Waals surface area contributed by atoms with Crippen LogP contribution < -0.4 is 20.7 Å². The van der Waals surface area contributed by atoms with Crippen molar-refractivity contribution in [3.8, 4) is 5.75 Å². The number of anilines is 2. The highest BCUT2D eigenvalue weighted by atomic mass is 35.5. The highest BCUT2D eigenvalue weighted by molar-refractivity contribution is 7.92. The summed E-state index contributed by atoms with van der Waals surface area (Å²) in [6.45, 7) is 0. The second kappa shape index (κ2) is 6.12. The summed E-state index contributed by atoms with van der Waals surface area (Å²) in [6.07, 6.45) is 2.25. The molecule has 21 heavy (non-hydrogen) atoms. The van der Waals surface area contributed by atoms with Crippen molar-refractivity contribution >= 4 is 33.3 Å². The largest absolute Gasteiger partial charge is 0.497 e. The molecule has 0 aliphatic rings. The summed E-state index contributed by atoms with van der Waals surface area (Å²) in [4.78, 5) is 7.35. The van der Waals surface area contributed by atoms with Gasteiger partial charge in [-0.2, -0.15) is 0 Å². The molecule has 0 spiro atoms. The summed E-state index contributed by atoms with van der Waals surface area (Å²) >= 11 is 5.95. The molecule has 4 N–H and O–H groups in total. The minimum absolute atomic E-state index is 0.105. The van der Waals surface area contributed by atoms with Gasteiger partial charge in [-0.15, -0.1) is 0 Å². The molecule has 10 heteroatoms. The maximum absolute atomic E-state index is 12.2. The number of rotatable bonds is 5. The van der Waals surface area contributed by atoms with E-state index in [-0.39, 0.29) is 21.6 Å². The van der Waals surface area contributed by atoms with Gasteiger partial charge < -0.3 is 4.74 Å². The average Bonchev–Trinajstić information content (AvgIpc) is 2.49. The van der Waals surface area contributed by atoms with Gasteiger partial charge in [0.05, 0.1) is 30.2 Å². The minimum atomic E-state index is -3.87. The van der Waals surface area contributed by atoms with E-state index in [4.69, 9.17) is 22.2 Å². The smallest absolute Gasteiger partial charge is 0.265 e. The Labute approximate surface area is 126 Å². The predicted octanol–water partition coefficient (Wildman–Crippen LogP) is 1.23. The Balaban J connectivity index is 2.32. The number of aromatic nitrogens is 2. The monoisotopic (exact) mass is 329 g/mol. The summed E-state index contributed by atoms with van der Waals surface area (Å²) in [5.41, 5.74) is 2.40. The Morgan fingerprint density at radius 1 is 1.29 bits per heavy atom. The SMILES string of the molecule is COc1ccc(Cl)c(NS(=O)(=O)c2cnc(NN)nc2)c1. The first kappa shape index (κ1) is 15.3. The Kier molecular flexibility index (Phi) is 4.46. The summed E-state index contributed by atoms with van der Waals surface area (Å²) in [7, 11) is -2.40. The van der Waals surface area contributed by atoms with Gasteiger partial charge in [0.1, 0.15) is 10.6 Å². The van der Waals surface area contributed by atoms with Gasteiger partial charge in [-0.05, 0) is 12.1 Å². The molecule has 0 bridgehead atoms. The normalized spacial score (nSPS) is 11.0. The first-order chi connectivity index (χ1) is 9.96. The second-order valence-electron chi connectivity index (χ2n) is 3.84. The molecule has 1 aromatic carbocycles. The van der Waals surface area contributed by atoms with E-state index in [0.717, 1.165) is 12.4 Å². The number of methoxy groups -OCH3 is 1. The van der Waals surface area contributed by atoms with Crippen molar-refractivity contribution in [2.45, 2.75) is 4.90 Å². The van der Waals surface area contributed by atoms with Gasteiger partial charge in [0.2, 0.25) is 5.95 Å². The molecule has 0 saturated heterocycles. The molecule has 1 aromatic heterocycles. The van der Waals surface area contributed by atoms with Crippen LogP contribution in [0.1, 0.15) is 0 Å². The highest BCUT2D eigenvalue weighted by Gasteiger charge is 2.17. The third-order valence-corrected chi connectivity index (χ3v) is 4.14. The lowest BCUT2D eigenvalue weighted by molar-refractivity contribution is 0.415. The molecule has 0 aliphatic heterocycles.